The van der Waals surface area contributed by atoms with E-state index in [1.165, 1.54) is 6.08 Å². The minimum Gasteiger partial charge on any atom is -0.466 e. The Balaban J connectivity index is 5.34. The highest BCUT2D eigenvalue weighted by molar-refractivity contribution is 7.48. The van der Waals surface area contributed by atoms with Gasteiger partial charge < -0.3 is 9.16 Å². The maximum Gasteiger partial charge on any atom is 0.476 e. The van der Waals surface area contributed by atoms with E-state index in [0.29, 0.717) is 6.61 Å². The van der Waals surface area contributed by atoms with Crippen LogP contribution in [0, 0.1) is 11.3 Å². The van der Waals surface area contributed by atoms with E-state index in [1.54, 1.807) is 39.0 Å². The number of hydrogen-bond acceptors (Lipinski definition) is 8. The van der Waals surface area contributed by atoms with E-state index in [9.17, 15) is 14.6 Å². The molecule has 0 saturated heterocycles. The first-order valence-corrected chi connectivity index (χ1v) is 14.9. The Morgan fingerprint density at radius 3 is 2.06 bits per heavy atom. The van der Waals surface area contributed by atoms with Gasteiger partial charge in [0.15, 0.2) is 14.4 Å². The molecule has 10 heteroatoms. The van der Waals surface area contributed by atoms with Gasteiger partial charge >= 0.3 is 13.8 Å². The molecule has 0 aliphatic carbocycles. The number of rotatable bonds is 14. The van der Waals surface area contributed by atoms with Crippen molar-refractivity contribution in [1.82, 2.24) is 0 Å². The van der Waals surface area contributed by atoms with Gasteiger partial charge in [0.2, 0.25) is 0 Å². The molecule has 0 aliphatic rings. The van der Waals surface area contributed by atoms with E-state index < -0.39 is 28.3 Å². The van der Waals surface area contributed by atoms with Crippen LogP contribution in [0.1, 0.15) is 48.0 Å². The molecule has 0 N–H and O–H groups in total. The van der Waals surface area contributed by atoms with E-state index in [2.05, 4.69) is 33.9 Å². The van der Waals surface area contributed by atoms with E-state index >= 15 is 0 Å². The van der Waals surface area contributed by atoms with Crippen LogP contribution < -0.4 is 0 Å². The zero-order valence-electron chi connectivity index (χ0n) is 20.0. The molecule has 0 aromatic carbocycles. The molecule has 0 aromatic rings. The third-order valence-electron chi connectivity index (χ3n) is 4.59. The SMILES string of the molecule is CCOC(=O)C[C@H](/C=C/C=C/C(C#N)OP(=O)(OCC)OCC)O[Si](C)(C)C(C)(C)C. The van der Waals surface area contributed by atoms with Crippen LogP contribution in [0.2, 0.25) is 18.1 Å². The van der Waals surface area contributed by atoms with Gasteiger partial charge in [-0.3, -0.25) is 18.4 Å². The summed E-state index contributed by atoms with van der Waals surface area (Å²) in [6.45, 7) is 16.2. The van der Waals surface area contributed by atoms with E-state index in [-0.39, 0.29) is 30.6 Å². The Hall–Kier alpha value is -1.27. The molecule has 2 atom stereocenters. The monoisotopic (exact) mass is 475 g/mol. The minimum atomic E-state index is -3.81. The molecule has 178 valence electrons. The molecule has 0 aliphatic heterocycles. The van der Waals surface area contributed by atoms with Gasteiger partial charge in [-0.15, -0.1) is 0 Å². The van der Waals surface area contributed by atoms with Crippen LogP contribution in [-0.4, -0.2) is 46.3 Å². The number of carbonyl (C=O) groups excluding carboxylic acids is 1. The largest absolute Gasteiger partial charge is 0.476 e. The molecular formula is C21H38NO7PSi. The summed E-state index contributed by atoms with van der Waals surface area (Å²) in [7, 11) is -5.94. The molecule has 0 amide bonds. The van der Waals surface area contributed by atoms with Crippen LogP contribution in [0.25, 0.3) is 0 Å². The third-order valence-corrected chi connectivity index (χ3v) is 10.7. The summed E-state index contributed by atoms with van der Waals surface area (Å²) < 4.78 is 39.1. The number of phosphoric acid groups is 1. The molecule has 0 bridgehead atoms. The molecule has 0 saturated carbocycles. The number of nitrogens with zero attached hydrogens (tertiary/aromatic N) is 1. The molecule has 8 nitrogen and oxygen atoms in total. The van der Waals surface area contributed by atoms with Crippen molar-refractivity contribution in [3.63, 3.8) is 0 Å². The smallest absolute Gasteiger partial charge is 0.466 e. The normalized spacial score (nSPS) is 15.2. The summed E-state index contributed by atoms with van der Waals surface area (Å²) in [6.07, 6.45) is 4.90. The fourth-order valence-corrected chi connectivity index (χ4v) is 4.59. The second-order valence-corrected chi connectivity index (χ2v) is 14.5. The van der Waals surface area contributed by atoms with Crippen LogP contribution in [0.4, 0.5) is 0 Å². The average molecular weight is 476 g/mol. The Morgan fingerprint density at radius 1 is 1.06 bits per heavy atom. The van der Waals surface area contributed by atoms with Gasteiger partial charge in [-0.2, -0.15) is 5.26 Å². The van der Waals surface area contributed by atoms with Crippen molar-refractivity contribution in [3.8, 4) is 6.07 Å². The molecule has 0 fully saturated rings. The Kier molecular flexibility index (Phi) is 13.4. The van der Waals surface area contributed by atoms with Gasteiger partial charge in [0.25, 0.3) is 0 Å². The summed E-state index contributed by atoms with van der Waals surface area (Å²) in [5.41, 5.74) is 0. The highest BCUT2D eigenvalue weighted by Gasteiger charge is 2.39. The number of ether oxygens (including phenoxy) is 1. The molecule has 1 unspecified atom stereocenters. The lowest BCUT2D eigenvalue weighted by Gasteiger charge is -2.38. The minimum absolute atomic E-state index is 0.0248. The molecule has 0 rings (SSSR count). The number of nitriles is 1. The fourth-order valence-electron chi connectivity index (χ4n) is 2.10. The Labute approximate surface area is 188 Å². The van der Waals surface area contributed by atoms with Gasteiger partial charge in [0.1, 0.15) is 0 Å². The van der Waals surface area contributed by atoms with E-state index in [1.807, 2.05) is 6.07 Å². The Bertz CT molecular complexity index is 685. The zero-order valence-corrected chi connectivity index (χ0v) is 21.9. The molecule has 31 heavy (non-hydrogen) atoms. The van der Waals surface area contributed by atoms with Gasteiger partial charge in [-0.1, -0.05) is 39.0 Å². The van der Waals surface area contributed by atoms with Crippen LogP contribution in [0.15, 0.2) is 24.3 Å². The van der Waals surface area contributed by atoms with Crippen molar-refractivity contribution in [2.45, 2.75) is 78.3 Å². The fraction of sp³-hybridized carbons (Fsp3) is 0.714. The van der Waals surface area contributed by atoms with Gasteiger partial charge in [-0.25, -0.2) is 4.57 Å². The molecule has 0 aromatic heterocycles. The topological polar surface area (TPSA) is 104 Å². The van der Waals surface area contributed by atoms with Crippen LogP contribution in [0.5, 0.6) is 0 Å². The maximum atomic E-state index is 12.4. The van der Waals surface area contributed by atoms with E-state index in [0.717, 1.165) is 0 Å². The van der Waals surface area contributed by atoms with Crippen LogP contribution in [-0.2, 0) is 32.1 Å². The lowest BCUT2D eigenvalue weighted by Crippen LogP contribution is -2.44. The second-order valence-electron chi connectivity index (χ2n) is 8.13. The van der Waals surface area contributed by atoms with Gasteiger partial charge in [-0.05, 0) is 45.0 Å². The molecule has 0 radical (unpaired) electrons. The lowest BCUT2D eigenvalue weighted by molar-refractivity contribution is -0.144. The number of esters is 1. The maximum absolute atomic E-state index is 12.4. The van der Waals surface area contributed by atoms with Gasteiger partial charge in [0, 0.05) is 0 Å². The molecular weight excluding hydrogens is 437 g/mol. The first-order chi connectivity index (χ1) is 14.3. The molecule has 0 spiro atoms. The Morgan fingerprint density at radius 2 is 1.61 bits per heavy atom. The second kappa shape index (κ2) is 14.0. The van der Waals surface area contributed by atoms with Crippen molar-refractivity contribution in [2.75, 3.05) is 19.8 Å². The summed E-state index contributed by atoms with van der Waals surface area (Å²) in [5, 5.41) is 9.27. The standard InChI is InChI=1S/C21H38NO7PSi/c1-9-25-20(23)16-18(29-31(7,8)21(4,5)6)14-12-13-15-19(17-22)28-30(24,26-10-2)27-11-3/h12-15,18-19H,9-11,16H2,1-8H3/b14-12+,15-13+/t18-,19?/m0/s1. The average Bonchev–Trinajstić information content (AvgIpc) is 2.63. The predicted octanol–water partition coefficient (Wildman–Crippen LogP) is 5.53. The summed E-state index contributed by atoms with van der Waals surface area (Å²) >= 11 is 0. The highest BCUT2D eigenvalue weighted by atomic mass is 31.2. The predicted molar refractivity (Wildman–Crippen MR) is 123 cm³/mol. The van der Waals surface area contributed by atoms with Crippen LogP contribution >= 0.6 is 7.82 Å². The quantitative estimate of drug-likeness (QED) is 0.140. The zero-order chi connectivity index (χ0) is 24.1. The van der Waals surface area contributed by atoms with Crippen molar-refractivity contribution in [2.24, 2.45) is 0 Å². The first-order valence-electron chi connectivity index (χ1n) is 10.5. The highest BCUT2D eigenvalue weighted by Crippen LogP contribution is 2.50. The van der Waals surface area contributed by atoms with Crippen molar-refractivity contribution in [3.05, 3.63) is 24.3 Å². The summed E-state index contributed by atoms with van der Waals surface area (Å²) in [5.74, 6) is -0.340. The van der Waals surface area contributed by atoms with Crippen molar-refractivity contribution < 1.29 is 32.1 Å². The van der Waals surface area contributed by atoms with Gasteiger partial charge in [0.05, 0.1) is 38.4 Å². The molecule has 0 heterocycles. The third kappa shape index (κ3) is 11.8. The number of carbonyl (C=O) groups is 1. The van der Waals surface area contributed by atoms with E-state index in [4.69, 9.17) is 22.7 Å². The number of phosphoric ester groups is 1. The summed E-state index contributed by atoms with van der Waals surface area (Å²) in [6, 6.07) is 1.90. The first kappa shape index (κ1) is 29.7. The van der Waals surface area contributed by atoms with Crippen molar-refractivity contribution >= 4 is 22.1 Å². The van der Waals surface area contributed by atoms with Crippen molar-refractivity contribution in [1.29, 1.82) is 5.26 Å². The number of hydrogen-bond donors (Lipinski definition) is 0. The lowest BCUT2D eigenvalue weighted by atomic mass is 10.2. The number of allylic oxidation sites excluding steroid dienone is 2. The summed E-state index contributed by atoms with van der Waals surface area (Å²) in [4.78, 5) is 12.0. The van der Waals surface area contributed by atoms with Crippen LogP contribution in [0.3, 0.4) is 0 Å².